The van der Waals surface area contributed by atoms with Crippen LogP contribution in [0.2, 0.25) is 0 Å². The Morgan fingerprint density at radius 1 is 1.08 bits per heavy atom. The molecule has 0 aliphatic carbocycles. The lowest BCUT2D eigenvalue weighted by molar-refractivity contribution is 0.386. The van der Waals surface area contributed by atoms with Crippen LogP contribution >= 0.6 is 0 Å². The SMILES string of the molecule is COc1ccc2ncc3c(=O)n(-c4ccc(OC)c(F)c4)[nH]c3c2c1. The van der Waals surface area contributed by atoms with Gasteiger partial charge in [0.1, 0.15) is 5.75 Å². The van der Waals surface area contributed by atoms with Crippen molar-refractivity contribution in [3.8, 4) is 17.2 Å². The van der Waals surface area contributed by atoms with E-state index in [1.54, 1.807) is 25.3 Å². The fourth-order valence-electron chi connectivity index (χ4n) is 2.84. The molecule has 0 amide bonds. The van der Waals surface area contributed by atoms with E-state index in [0.29, 0.717) is 22.3 Å². The quantitative estimate of drug-likeness (QED) is 0.623. The topological polar surface area (TPSA) is 69.1 Å². The third kappa shape index (κ3) is 2.32. The second kappa shape index (κ2) is 5.62. The van der Waals surface area contributed by atoms with Gasteiger partial charge in [-0.15, -0.1) is 0 Å². The number of aromatic amines is 1. The molecule has 0 bridgehead atoms. The average Bonchev–Trinajstić information content (AvgIpc) is 2.98. The Bertz CT molecular complexity index is 1160. The van der Waals surface area contributed by atoms with Crippen molar-refractivity contribution in [1.82, 2.24) is 14.8 Å². The number of nitrogens with one attached hydrogen (secondary N) is 1. The minimum atomic E-state index is -0.546. The first-order valence-electron chi connectivity index (χ1n) is 7.54. The third-order valence-electron chi connectivity index (χ3n) is 4.13. The zero-order chi connectivity index (χ0) is 17.6. The maximum absolute atomic E-state index is 14.0. The van der Waals surface area contributed by atoms with E-state index in [1.165, 1.54) is 30.1 Å². The third-order valence-corrected chi connectivity index (χ3v) is 4.13. The molecular formula is C18H14FN3O3. The number of aromatic nitrogens is 3. The molecule has 0 spiro atoms. The number of rotatable bonds is 3. The molecule has 0 saturated carbocycles. The Morgan fingerprint density at radius 3 is 2.64 bits per heavy atom. The summed E-state index contributed by atoms with van der Waals surface area (Å²) in [5, 5.41) is 4.21. The first-order chi connectivity index (χ1) is 12.1. The van der Waals surface area contributed by atoms with Gasteiger partial charge in [0.05, 0.1) is 36.3 Å². The largest absolute Gasteiger partial charge is 0.497 e. The summed E-state index contributed by atoms with van der Waals surface area (Å²) in [5.41, 5.74) is 1.40. The van der Waals surface area contributed by atoms with Crippen LogP contribution in [-0.4, -0.2) is 29.0 Å². The van der Waals surface area contributed by atoms with Crippen molar-refractivity contribution < 1.29 is 13.9 Å². The van der Waals surface area contributed by atoms with Crippen LogP contribution in [0.5, 0.6) is 11.5 Å². The normalized spacial score (nSPS) is 11.2. The molecule has 2 aromatic carbocycles. The van der Waals surface area contributed by atoms with Crippen LogP contribution in [0.15, 0.2) is 47.4 Å². The fourth-order valence-corrected chi connectivity index (χ4v) is 2.84. The van der Waals surface area contributed by atoms with Gasteiger partial charge in [0.25, 0.3) is 5.56 Å². The second-order valence-corrected chi connectivity index (χ2v) is 5.50. The van der Waals surface area contributed by atoms with E-state index in [2.05, 4.69) is 10.1 Å². The molecule has 7 heteroatoms. The average molecular weight is 339 g/mol. The predicted octanol–water partition coefficient (Wildman–Crippen LogP) is 3.02. The molecule has 4 aromatic rings. The summed E-state index contributed by atoms with van der Waals surface area (Å²) in [7, 11) is 2.96. The van der Waals surface area contributed by atoms with Gasteiger partial charge in [-0.05, 0) is 30.3 Å². The van der Waals surface area contributed by atoms with E-state index in [0.717, 1.165) is 10.9 Å². The van der Waals surface area contributed by atoms with Crippen LogP contribution in [0.4, 0.5) is 4.39 Å². The Morgan fingerprint density at radius 2 is 1.92 bits per heavy atom. The van der Waals surface area contributed by atoms with Crippen molar-refractivity contribution in [2.24, 2.45) is 0 Å². The number of halogens is 1. The summed E-state index contributed by atoms with van der Waals surface area (Å²) < 4.78 is 25.4. The number of fused-ring (bicyclic) bond motifs is 3. The highest BCUT2D eigenvalue weighted by atomic mass is 19.1. The monoisotopic (exact) mass is 339 g/mol. The van der Waals surface area contributed by atoms with Crippen molar-refractivity contribution in [3.05, 3.63) is 58.8 Å². The second-order valence-electron chi connectivity index (χ2n) is 5.50. The standard InChI is InChI=1S/C18H14FN3O3/c1-24-11-4-5-15-12(8-11)17-13(9-20-15)18(23)22(21-17)10-3-6-16(25-2)14(19)7-10/h3-9,21H,1-2H3. The summed E-state index contributed by atoms with van der Waals surface area (Å²) in [6, 6.07) is 9.74. The number of methoxy groups -OCH3 is 2. The molecule has 0 saturated heterocycles. The summed E-state index contributed by atoms with van der Waals surface area (Å²) in [6.45, 7) is 0. The number of H-pyrrole nitrogens is 1. The minimum Gasteiger partial charge on any atom is -0.497 e. The number of ether oxygens (including phenoxy) is 2. The maximum Gasteiger partial charge on any atom is 0.280 e. The number of nitrogens with zero attached hydrogens (tertiary/aromatic N) is 2. The summed E-state index contributed by atoms with van der Waals surface area (Å²) in [4.78, 5) is 17.0. The van der Waals surface area contributed by atoms with Gasteiger partial charge in [0.2, 0.25) is 0 Å². The van der Waals surface area contributed by atoms with Crippen molar-refractivity contribution in [3.63, 3.8) is 0 Å². The Kier molecular flexibility index (Phi) is 3.42. The lowest BCUT2D eigenvalue weighted by Gasteiger charge is -2.05. The fraction of sp³-hybridized carbons (Fsp3) is 0.111. The summed E-state index contributed by atoms with van der Waals surface area (Å²) in [6.07, 6.45) is 1.51. The van der Waals surface area contributed by atoms with Crippen LogP contribution < -0.4 is 15.0 Å². The summed E-state index contributed by atoms with van der Waals surface area (Å²) in [5.74, 6) is 0.228. The molecule has 0 aliphatic heterocycles. The maximum atomic E-state index is 14.0. The first kappa shape index (κ1) is 15.2. The van der Waals surface area contributed by atoms with Crippen LogP contribution in [0.25, 0.3) is 27.5 Å². The molecule has 126 valence electrons. The predicted molar refractivity (Wildman–Crippen MR) is 92.3 cm³/mol. The van der Waals surface area contributed by atoms with Crippen LogP contribution in [0, 0.1) is 5.82 Å². The molecule has 0 atom stereocenters. The smallest absolute Gasteiger partial charge is 0.280 e. The van der Waals surface area contributed by atoms with E-state index >= 15 is 0 Å². The Hall–Kier alpha value is -3.35. The van der Waals surface area contributed by atoms with Crippen LogP contribution in [0.3, 0.4) is 0 Å². The first-order valence-corrected chi connectivity index (χ1v) is 7.54. The molecule has 6 nitrogen and oxygen atoms in total. The zero-order valence-corrected chi connectivity index (χ0v) is 13.5. The van der Waals surface area contributed by atoms with Gasteiger partial charge >= 0.3 is 0 Å². The molecule has 0 unspecified atom stereocenters. The van der Waals surface area contributed by atoms with Crippen LogP contribution in [0.1, 0.15) is 0 Å². The van der Waals surface area contributed by atoms with E-state index in [1.807, 2.05) is 6.07 Å². The van der Waals surface area contributed by atoms with Gasteiger partial charge in [-0.2, -0.15) is 0 Å². The van der Waals surface area contributed by atoms with Gasteiger partial charge in [0.15, 0.2) is 11.6 Å². The van der Waals surface area contributed by atoms with Crippen molar-refractivity contribution in [2.45, 2.75) is 0 Å². The number of hydrogen-bond donors (Lipinski definition) is 1. The van der Waals surface area contributed by atoms with Gasteiger partial charge < -0.3 is 9.47 Å². The van der Waals surface area contributed by atoms with E-state index < -0.39 is 5.82 Å². The number of hydrogen-bond acceptors (Lipinski definition) is 4. The lowest BCUT2D eigenvalue weighted by Crippen LogP contribution is -2.14. The molecule has 4 rings (SSSR count). The Labute approximate surface area is 141 Å². The highest BCUT2D eigenvalue weighted by Crippen LogP contribution is 2.26. The number of pyridine rings is 1. The van der Waals surface area contributed by atoms with E-state index in [-0.39, 0.29) is 11.3 Å². The molecule has 0 aliphatic rings. The number of benzene rings is 2. The molecule has 0 radical (unpaired) electrons. The zero-order valence-electron chi connectivity index (χ0n) is 13.5. The molecule has 2 heterocycles. The molecule has 2 aromatic heterocycles. The van der Waals surface area contributed by atoms with Gasteiger partial charge in [-0.3, -0.25) is 14.9 Å². The lowest BCUT2D eigenvalue weighted by atomic mass is 10.1. The van der Waals surface area contributed by atoms with Gasteiger partial charge in [0, 0.05) is 17.6 Å². The molecular weight excluding hydrogens is 325 g/mol. The van der Waals surface area contributed by atoms with E-state index in [4.69, 9.17) is 9.47 Å². The molecule has 0 fully saturated rings. The highest BCUT2D eigenvalue weighted by molar-refractivity contribution is 6.03. The Balaban J connectivity index is 2.00. The van der Waals surface area contributed by atoms with Crippen molar-refractivity contribution in [1.29, 1.82) is 0 Å². The van der Waals surface area contributed by atoms with Gasteiger partial charge in [-0.1, -0.05) is 0 Å². The van der Waals surface area contributed by atoms with E-state index in [9.17, 15) is 9.18 Å². The van der Waals surface area contributed by atoms with Crippen LogP contribution in [-0.2, 0) is 0 Å². The highest BCUT2D eigenvalue weighted by Gasteiger charge is 2.14. The van der Waals surface area contributed by atoms with Crippen molar-refractivity contribution >= 4 is 21.8 Å². The molecule has 1 N–H and O–H groups in total. The van der Waals surface area contributed by atoms with Gasteiger partial charge in [-0.25, -0.2) is 9.07 Å². The summed E-state index contributed by atoms with van der Waals surface area (Å²) >= 11 is 0. The molecule has 25 heavy (non-hydrogen) atoms. The van der Waals surface area contributed by atoms with Crippen molar-refractivity contribution in [2.75, 3.05) is 14.2 Å². The minimum absolute atomic E-state index is 0.116.